The molecule has 0 unspecified atom stereocenters. The summed E-state index contributed by atoms with van der Waals surface area (Å²) in [5.74, 6) is 2.61. The standard InChI is InChI=1S/C12H12O3/c1-4-9-6-7-10(12(13)14-3)8-11(9)15-5-2/h1,6-8H,5H2,2-3H3. The average Bonchev–Trinajstić information content (AvgIpc) is 2.28. The van der Waals surface area contributed by atoms with E-state index < -0.39 is 5.97 Å². The fraction of sp³-hybridized carbons (Fsp3) is 0.250. The summed E-state index contributed by atoms with van der Waals surface area (Å²) in [6.45, 7) is 2.35. The topological polar surface area (TPSA) is 35.5 Å². The zero-order valence-corrected chi connectivity index (χ0v) is 8.74. The molecule has 0 spiro atoms. The second-order valence-corrected chi connectivity index (χ2v) is 2.78. The summed E-state index contributed by atoms with van der Waals surface area (Å²) in [6.07, 6.45) is 5.29. The van der Waals surface area contributed by atoms with E-state index >= 15 is 0 Å². The van der Waals surface area contributed by atoms with Gasteiger partial charge in [0, 0.05) is 0 Å². The number of carbonyl (C=O) groups excluding carboxylic acids is 1. The number of esters is 1. The fourth-order valence-corrected chi connectivity index (χ4v) is 1.16. The van der Waals surface area contributed by atoms with Gasteiger partial charge in [0.1, 0.15) is 5.75 Å². The van der Waals surface area contributed by atoms with Crippen molar-refractivity contribution in [3.63, 3.8) is 0 Å². The molecule has 78 valence electrons. The molecule has 3 heteroatoms. The molecule has 0 N–H and O–H groups in total. The normalized spacial score (nSPS) is 9.13. The molecule has 15 heavy (non-hydrogen) atoms. The Hall–Kier alpha value is -1.95. The second kappa shape index (κ2) is 5.06. The van der Waals surface area contributed by atoms with Gasteiger partial charge in [0.25, 0.3) is 0 Å². The van der Waals surface area contributed by atoms with E-state index in [-0.39, 0.29) is 0 Å². The van der Waals surface area contributed by atoms with Crippen LogP contribution in [0.15, 0.2) is 18.2 Å². The van der Waals surface area contributed by atoms with Crippen LogP contribution in [0.5, 0.6) is 5.75 Å². The van der Waals surface area contributed by atoms with Crippen molar-refractivity contribution in [1.29, 1.82) is 0 Å². The van der Waals surface area contributed by atoms with Crippen molar-refractivity contribution in [3.8, 4) is 18.1 Å². The largest absolute Gasteiger partial charge is 0.493 e. The predicted molar refractivity (Wildman–Crippen MR) is 56.9 cm³/mol. The van der Waals surface area contributed by atoms with Crippen LogP contribution in [0.2, 0.25) is 0 Å². The molecule has 0 aromatic heterocycles. The Morgan fingerprint density at radius 3 is 2.80 bits per heavy atom. The molecule has 0 aliphatic rings. The molecule has 0 saturated carbocycles. The molecule has 0 aliphatic carbocycles. The van der Waals surface area contributed by atoms with Gasteiger partial charge in [0.05, 0.1) is 24.8 Å². The maximum Gasteiger partial charge on any atom is 0.337 e. The van der Waals surface area contributed by atoms with Gasteiger partial charge < -0.3 is 9.47 Å². The van der Waals surface area contributed by atoms with Crippen LogP contribution in [-0.2, 0) is 4.74 Å². The smallest absolute Gasteiger partial charge is 0.337 e. The highest BCUT2D eigenvalue weighted by atomic mass is 16.5. The molecule has 1 aromatic carbocycles. The molecular weight excluding hydrogens is 192 g/mol. The highest BCUT2D eigenvalue weighted by Gasteiger charge is 2.09. The first-order valence-corrected chi connectivity index (χ1v) is 4.54. The first-order chi connectivity index (χ1) is 7.22. The van der Waals surface area contributed by atoms with Gasteiger partial charge in [-0.05, 0) is 25.1 Å². The Morgan fingerprint density at radius 2 is 2.27 bits per heavy atom. The minimum atomic E-state index is -0.403. The number of hydrogen-bond acceptors (Lipinski definition) is 3. The van der Waals surface area contributed by atoms with Gasteiger partial charge in [-0.3, -0.25) is 0 Å². The molecule has 0 aliphatic heterocycles. The fourth-order valence-electron chi connectivity index (χ4n) is 1.16. The first-order valence-electron chi connectivity index (χ1n) is 4.54. The Kier molecular flexibility index (Phi) is 3.75. The molecule has 1 rings (SSSR count). The van der Waals surface area contributed by atoms with E-state index in [2.05, 4.69) is 10.7 Å². The van der Waals surface area contributed by atoms with Crippen LogP contribution in [0.1, 0.15) is 22.8 Å². The maximum absolute atomic E-state index is 11.2. The van der Waals surface area contributed by atoms with E-state index in [0.717, 1.165) is 0 Å². The van der Waals surface area contributed by atoms with Crippen LogP contribution >= 0.6 is 0 Å². The third-order valence-corrected chi connectivity index (χ3v) is 1.86. The van der Waals surface area contributed by atoms with Gasteiger partial charge in [-0.15, -0.1) is 6.42 Å². The van der Waals surface area contributed by atoms with Crippen LogP contribution in [0, 0.1) is 12.3 Å². The molecule has 3 nitrogen and oxygen atoms in total. The quantitative estimate of drug-likeness (QED) is 0.556. The molecular formula is C12H12O3. The van der Waals surface area contributed by atoms with Crippen molar-refractivity contribution in [2.24, 2.45) is 0 Å². The molecule has 0 radical (unpaired) electrons. The number of benzene rings is 1. The predicted octanol–water partition coefficient (Wildman–Crippen LogP) is 1.85. The Labute approximate surface area is 89.0 Å². The van der Waals surface area contributed by atoms with Gasteiger partial charge in [0.15, 0.2) is 0 Å². The van der Waals surface area contributed by atoms with Crippen molar-refractivity contribution in [1.82, 2.24) is 0 Å². The second-order valence-electron chi connectivity index (χ2n) is 2.78. The van der Waals surface area contributed by atoms with Crippen LogP contribution < -0.4 is 4.74 Å². The number of rotatable bonds is 3. The number of terminal acetylenes is 1. The number of ether oxygens (including phenoxy) is 2. The van der Waals surface area contributed by atoms with Gasteiger partial charge in [0.2, 0.25) is 0 Å². The lowest BCUT2D eigenvalue weighted by Crippen LogP contribution is -2.03. The summed E-state index contributed by atoms with van der Waals surface area (Å²) in [7, 11) is 1.33. The summed E-state index contributed by atoms with van der Waals surface area (Å²) < 4.78 is 9.91. The van der Waals surface area contributed by atoms with Crippen molar-refractivity contribution in [2.45, 2.75) is 6.92 Å². The molecule has 0 saturated heterocycles. The lowest BCUT2D eigenvalue weighted by molar-refractivity contribution is 0.0600. The summed E-state index contributed by atoms with van der Waals surface area (Å²) >= 11 is 0. The molecule has 1 aromatic rings. The summed E-state index contributed by atoms with van der Waals surface area (Å²) in [5.41, 5.74) is 1.06. The van der Waals surface area contributed by atoms with Gasteiger partial charge >= 0.3 is 5.97 Å². The zero-order chi connectivity index (χ0) is 11.3. The van der Waals surface area contributed by atoms with E-state index in [1.807, 2.05) is 6.92 Å². The number of methoxy groups -OCH3 is 1. The van der Waals surface area contributed by atoms with E-state index in [9.17, 15) is 4.79 Å². The van der Waals surface area contributed by atoms with Crippen LogP contribution in [0.4, 0.5) is 0 Å². The minimum Gasteiger partial charge on any atom is -0.493 e. The third kappa shape index (κ3) is 2.50. The zero-order valence-electron chi connectivity index (χ0n) is 8.74. The SMILES string of the molecule is C#Cc1ccc(C(=O)OC)cc1OCC. The third-order valence-electron chi connectivity index (χ3n) is 1.86. The van der Waals surface area contributed by atoms with E-state index in [4.69, 9.17) is 11.2 Å². The Morgan fingerprint density at radius 1 is 1.53 bits per heavy atom. The highest BCUT2D eigenvalue weighted by Crippen LogP contribution is 2.20. The number of hydrogen-bond donors (Lipinski definition) is 0. The van der Waals surface area contributed by atoms with Crippen LogP contribution in [0.25, 0.3) is 0 Å². The lowest BCUT2D eigenvalue weighted by Gasteiger charge is -2.07. The van der Waals surface area contributed by atoms with Crippen molar-refractivity contribution in [2.75, 3.05) is 13.7 Å². The van der Waals surface area contributed by atoms with Gasteiger partial charge in [-0.25, -0.2) is 4.79 Å². The summed E-state index contributed by atoms with van der Waals surface area (Å²) in [4.78, 5) is 11.2. The molecule has 0 fully saturated rings. The lowest BCUT2D eigenvalue weighted by atomic mass is 10.1. The molecule has 0 bridgehead atoms. The summed E-state index contributed by atoms with van der Waals surface area (Å²) in [6, 6.07) is 4.87. The van der Waals surface area contributed by atoms with Crippen molar-refractivity contribution >= 4 is 5.97 Å². The monoisotopic (exact) mass is 204 g/mol. The Bertz CT molecular complexity index is 402. The van der Waals surface area contributed by atoms with E-state index in [1.165, 1.54) is 7.11 Å². The molecule has 0 heterocycles. The van der Waals surface area contributed by atoms with E-state index in [0.29, 0.717) is 23.5 Å². The minimum absolute atomic E-state index is 0.403. The van der Waals surface area contributed by atoms with Crippen molar-refractivity contribution in [3.05, 3.63) is 29.3 Å². The van der Waals surface area contributed by atoms with Crippen molar-refractivity contribution < 1.29 is 14.3 Å². The van der Waals surface area contributed by atoms with Gasteiger partial charge in [-0.1, -0.05) is 5.92 Å². The van der Waals surface area contributed by atoms with E-state index in [1.54, 1.807) is 18.2 Å². The first kappa shape index (κ1) is 11.1. The van der Waals surface area contributed by atoms with Crippen LogP contribution in [0.3, 0.4) is 0 Å². The number of carbonyl (C=O) groups is 1. The van der Waals surface area contributed by atoms with Crippen LogP contribution in [-0.4, -0.2) is 19.7 Å². The summed E-state index contributed by atoms with van der Waals surface area (Å²) in [5, 5.41) is 0. The molecule has 0 atom stereocenters. The molecule has 0 amide bonds. The average molecular weight is 204 g/mol. The van der Waals surface area contributed by atoms with Gasteiger partial charge in [-0.2, -0.15) is 0 Å². The Balaban J connectivity index is 3.11. The maximum atomic E-state index is 11.2. The highest BCUT2D eigenvalue weighted by molar-refractivity contribution is 5.90.